The number of pyridine rings is 1. The molecule has 0 fully saturated rings. The maximum absolute atomic E-state index is 13.7. The van der Waals surface area contributed by atoms with E-state index in [0.29, 0.717) is 30.1 Å². The van der Waals surface area contributed by atoms with Gasteiger partial charge in [-0.3, -0.25) is 4.79 Å². The molecule has 7 nitrogen and oxygen atoms in total. The highest BCUT2D eigenvalue weighted by molar-refractivity contribution is 6.03. The first-order chi connectivity index (χ1) is 16.1. The van der Waals surface area contributed by atoms with Gasteiger partial charge < -0.3 is 19.5 Å². The molecule has 3 atom stereocenters. The Labute approximate surface area is 197 Å². The van der Waals surface area contributed by atoms with Crippen molar-refractivity contribution in [3.05, 3.63) is 59.8 Å². The number of carbonyl (C=O) groups is 1. The fourth-order valence-corrected chi connectivity index (χ4v) is 4.02. The van der Waals surface area contributed by atoms with Crippen molar-refractivity contribution in [2.75, 3.05) is 6.54 Å². The van der Waals surface area contributed by atoms with Crippen molar-refractivity contribution in [1.82, 2.24) is 24.8 Å². The lowest BCUT2D eigenvalue weighted by atomic mass is 10.0. The van der Waals surface area contributed by atoms with Gasteiger partial charge in [-0.05, 0) is 39.3 Å². The van der Waals surface area contributed by atoms with E-state index in [1.165, 1.54) is 6.07 Å². The molecule has 0 spiro atoms. The van der Waals surface area contributed by atoms with Crippen LogP contribution in [0.25, 0.3) is 5.70 Å². The zero-order valence-corrected chi connectivity index (χ0v) is 19.9. The summed E-state index contributed by atoms with van der Waals surface area (Å²) in [6, 6.07) is 1.83. The standard InChI is InChI=1S/C24H30F3N5O2/c1-6-19(16(4)34-20-11-9-17(14-29-20)24(25,26)27)32(7-2)23(33)18-10-8-15(3)30-21(18)22-28-12-13-31(22)5/h8-16,19,30H,6-7H2,1-5H3. The van der Waals surface area contributed by atoms with E-state index in [0.717, 1.165) is 12.3 Å². The Morgan fingerprint density at radius 2 is 2.03 bits per heavy atom. The molecule has 10 heteroatoms. The quantitative estimate of drug-likeness (QED) is 0.618. The maximum atomic E-state index is 13.7. The molecule has 0 saturated heterocycles. The highest BCUT2D eigenvalue weighted by Crippen LogP contribution is 2.30. The van der Waals surface area contributed by atoms with E-state index in [-0.39, 0.29) is 23.9 Å². The number of aryl methyl sites for hydroxylation is 1. The first-order valence-corrected chi connectivity index (χ1v) is 11.2. The minimum atomic E-state index is -4.47. The molecule has 0 radical (unpaired) electrons. The summed E-state index contributed by atoms with van der Waals surface area (Å²) in [6.07, 6.45) is 3.58. The van der Waals surface area contributed by atoms with Gasteiger partial charge in [0.25, 0.3) is 5.91 Å². The van der Waals surface area contributed by atoms with E-state index in [9.17, 15) is 18.0 Å². The van der Waals surface area contributed by atoms with Crippen molar-refractivity contribution in [1.29, 1.82) is 0 Å². The number of likely N-dealkylation sites (N-methyl/N-ethyl adjacent to an activating group) is 1. The van der Waals surface area contributed by atoms with Crippen LogP contribution in [0.3, 0.4) is 0 Å². The molecule has 1 aliphatic heterocycles. The van der Waals surface area contributed by atoms with Gasteiger partial charge in [0.2, 0.25) is 5.88 Å². The van der Waals surface area contributed by atoms with Crippen LogP contribution in [0.2, 0.25) is 0 Å². The van der Waals surface area contributed by atoms with Crippen LogP contribution in [0.1, 0.15) is 45.5 Å². The molecule has 3 unspecified atom stereocenters. The maximum Gasteiger partial charge on any atom is 0.417 e. The number of rotatable bonds is 8. The molecule has 34 heavy (non-hydrogen) atoms. The second kappa shape index (κ2) is 10.3. The highest BCUT2D eigenvalue weighted by Gasteiger charge is 2.33. The summed E-state index contributed by atoms with van der Waals surface area (Å²) >= 11 is 0. The summed E-state index contributed by atoms with van der Waals surface area (Å²) in [5.74, 6) is 0.546. The van der Waals surface area contributed by atoms with Crippen LogP contribution in [-0.2, 0) is 18.0 Å². The second-order valence-electron chi connectivity index (χ2n) is 8.22. The lowest BCUT2D eigenvalue weighted by Gasteiger charge is -2.35. The molecule has 0 bridgehead atoms. The van der Waals surface area contributed by atoms with Gasteiger partial charge in [0.05, 0.1) is 22.9 Å². The second-order valence-corrected chi connectivity index (χ2v) is 8.22. The summed E-state index contributed by atoms with van der Waals surface area (Å²) in [4.78, 5) is 23.6. The molecule has 2 aromatic rings. The molecule has 1 aliphatic rings. The predicted molar refractivity (Wildman–Crippen MR) is 123 cm³/mol. The van der Waals surface area contributed by atoms with Crippen LogP contribution in [0.15, 0.2) is 48.4 Å². The van der Waals surface area contributed by atoms with Crippen LogP contribution >= 0.6 is 0 Å². The molecule has 3 rings (SSSR count). The van der Waals surface area contributed by atoms with Crippen LogP contribution in [0, 0.1) is 0 Å². The van der Waals surface area contributed by atoms with Crippen LogP contribution in [0.4, 0.5) is 13.2 Å². The number of nitrogens with one attached hydrogen (secondary N) is 1. The normalized spacial score (nSPS) is 17.8. The van der Waals surface area contributed by atoms with E-state index in [4.69, 9.17) is 4.74 Å². The van der Waals surface area contributed by atoms with Crippen molar-refractivity contribution in [2.24, 2.45) is 7.05 Å². The van der Waals surface area contributed by atoms with Crippen molar-refractivity contribution in [2.45, 2.75) is 58.5 Å². The molecule has 0 saturated carbocycles. The molecule has 1 N–H and O–H groups in total. The van der Waals surface area contributed by atoms with Gasteiger partial charge >= 0.3 is 6.18 Å². The minimum absolute atomic E-state index is 0.0355. The number of ether oxygens (including phenoxy) is 1. The summed E-state index contributed by atoms with van der Waals surface area (Å²) in [5, 5.41) is 3.34. The molecule has 1 amide bonds. The van der Waals surface area contributed by atoms with Crippen molar-refractivity contribution < 1.29 is 22.7 Å². The Bertz CT molecular complexity index is 1060. The lowest BCUT2D eigenvalue weighted by molar-refractivity contribution is -0.138. The predicted octanol–water partition coefficient (Wildman–Crippen LogP) is 4.19. The van der Waals surface area contributed by atoms with Crippen LogP contribution < -0.4 is 10.1 Å². The SMILES string of the molecule is CCC(C(C)Oc1ccc(C(F)(F)F)cn1)N(CC)C(=O)C1=C(c2nccn2C)NC(C)C=C1. The molecule has 0 aromatic carbocycles. The number of amides is 1. The average Bonchev–Trinajstić information content (AvgIpc) is 3.22. The number of aromatic nitrogens is 3. The van der Waals surface area contributed by atoms with Crippen molar-refractivity contribution >= 4 is 11.6 Å². The van der Waals surface area contributed by atoms with Gasteiger partial charge in [-0.1, -0.05) is 13.0 Å². The largest absolute Gasteiger partial charge is 0.472 e. The highest BCUT2D eigenvalue weighted by atomic mass is 19.4. The molecule has 184 valence electrons. The monoisotopic (exact) mass is 477 g/mol. The lowest BCUT2D eigenvalue weighted by Crippen LogP contribution is -2.48. The third-order valence-electron chi connectivity index (χ3n) is 5.80. The van der Waals surface area contributed by atoms with E-state index in [2.05, 4.69) is 15.3 Å². The van der Waals surface area contributed by atoms with Gasteiger partial charge in [-0.2, -0.15) is 13.2 Å². The summed E-state index contributed by atoms with van der Waals surface area (Å²) in [6.45, 7) is 8.01. The van der Waals surface area contributed by atoms with Crippen molar-refractivity contribution in [3.63, 3.8) is 0 Å². The van der Waals surface area contributed by atoms with Crippen molar-refractivity contribution in [3.8, 4) is 5.88 Å². The number of halogens is 3. The Balaban J connectivity index is 1.86. The molecule has 2 aromatic heterocycles. The first-order valence-electron chi connectivity index (χ1n) is 11.2. The fourth-order valence-electron chi connectivity index (χ4n) is 4.02. The summed E-state index contributed by atoms with van der Waals surface area (Å²) in [7, 11) is 1.86. The van der Waals surface area contributed by atoms with Gasteiger partial charge in [-0.15, -0.1) is 0 Å². The third kappa shape index (κ3) is 5.43. The summed E-state index contributed by atoms with van der Waals surface area (Å²) < 4.78 is 46.2. The minimum Gasteiger partial charge on any atom is -0.472 e. The van der Waals surface area contributed by atoms with E-state index in [1.807, 2.05) is 50.7 Å². The topological polar surface area (TPSA) is 72.3 Å². The number of alkyl halides is 3. The fraction of sp³-hybridized carbons (Fsp3) is 0.458. The molecular formula is C24H30F3N5O2. The Morgan fingerprint density at radius 1 is 1.29 bits per heavy atom. The number of nitrogens with zero attached hydrogens (tertiary/aromatic N) is 4. The third-order valence-corrected chi connectivity index (χ3v) is 5.80. The summed E-state index contributed by atoms with van der Waals surface area (Å²) in [5.41, 5.74) is 0.302. The van der Waals surface area contributed by atoms with Gasteiger partial charge in [-0.25, -0.2) is 9.97 Å². The molecule has 3 heterocycles. The number of hydrogen-bond acceptors (Lipinski definition) is 5. The molecule has 0 aliphatic carbocycles. The van der Waals surface area contributed by atoms with Crippen LogP contribution in [-0.4, -0.2) is 50.1 Å². The number of dihydropyridines is 1. The zero-order valence-electron chi connectivity index (χ0n) is 19.9. The number of carbonyl (C=O) groups excluding carboxylic acids is 1. The average molecular weight is 478 g/mol. The van der Waals surface area contributed by atoms with Gasteiger partial charge in [0.15, 0.2) is 5.82 Å². The van der Waals surface area contributed by atoms with Gasteiger partial charge in [0, 0.05) is 44.3 Å². The van der Waals surface area contributed by atoms with Gasteiger partial charge in [0.1, 0.15) is 6.10 Å². The zero-order chi connectivity index (χ0) is 25.0. The van der Waals surface area contributed by atoms with E-state index < -0.39 is 17.8 Å². The smallest absolute Gasteiger partial charge is 0.417 e. The van der Waals surface area contributed by atoms with E-state index in [1.54, 1.807) is 18.0 Å². The Kier molecular flexibility index (Phi) is 7.68. The molecular weight excluding hydrogens is 447 g/mol. The van der Waals surface area contributed by atoms with Crippen LogP contribution in [0.5, 0.6) is 5.88 Å². The van der Waals surface area contributed by atoms with E-state index >= 15 is 0 Å². The Hall–Kier alpha value is -3.30. The first kappa shape index (κ1) is 25.3. The number of hydrogen-bond donors (Lipinski definition) is 1. The number of imidazole rings is 1. The Morgan fingerprint density at radius 3 is 2.56 bits per heavy atom.